The molecule has 1 N–H and O–H groups in total. The van der Waals surface area contributed by atoms with E-state index in [0.717, 1.165) is 29.0 Å². The molecule has 2 aromatic carbocycles. The molecule has 0 aromatic heterocycles. The van der Waals surface area contributed by atoms with Gasteiger partial charge in [-0.05, 0) is 61.2 Å². The van der Waals surface area contributed by atoms with Crippen LogP contribution in [0.1, 0.15) is 17.5 Å². The lowest BCUT2D eigenvalue weighted by Crippen LogP contribution is -2.41. The first-order chi connectivity index (χ1) is 12.7. The van der Waals surface area contributed by atoms with E-state index in [1.54, 1.807) is 25.1 Å². The van der Waals surface area contributed by atoms with Crippen LogP contribution in [0.25, 0.3) is 0 Å². The Balaban J connectivity index is 1.93. The number of rotatable bonds is 8. The third-order valence-corrected chi connectivity index (χ3v) is 5.61. The molecule has 0 aliphatic rings. The van der Waals surface area contributed by atoms with Crippen molar-refractivity contribution < 1.29 is 13.2 Å². The molecule has 0 unspecified atom stereocenters. The highest BCUT2D eigenvalue weighted by Gasteiger charge is 2.22. The molecule has 8 heteroatoms. The summed E-state index contributed by atoms with van der Waals surface area (Å²) in [7, 11) is -3.61. The number of carbonyl (C=O) groups excluding carboxylic acids is 1. The highest BCUT2D eigenvalue weighted by Crippen LogP contribution is 2.25. The maximum atomic E-state index is 12.2. The van der Waals surface area contributed by atoms with Gasteiger partial charge in [-0.15, -0.1) is 0 Å². The summed E-state index contributed by atoms with van der Waals surface area (Å²) in [6, 6.07) is 12.4. The first-order valence-electron chi connectivity index (χ1n) is 8.42. The Morgan fingerprint density at radius 2 is 1.70 bits per heavy atom. The van der Waals surface area contributed by atoms with Crippen molar-refractivity contribution in [2.75, 3.05) is 23.7 Å². The van der Waals surface area contributed by atoms with E-state index < -0.39 is 10.0 Å². The third-order valence-electron chi connectivity index (χ3n) is 3.99. The van der Waals surface area contributed by atoms with Gasteiger partial charge in [0.1, 0.15) is 6.54 Å². The van der Waals surface area contributed by atoms with Gasteiger partial charge in [0, 0.05) is 16.6 Å². The highest BCUT2D eigenvalue weighted by molar-refractivity contribution is 7.92. The summed E-state index contributed by atoms with van der Waals surface area (Å²) >= 11 is 11.8. The maximum Gasteiger partial charge on any atom is 0.240 e. The number of sulfonamides is 1. The van der Waals surface area contributed by atoms with E-state index in [-0.39, 0.29) is 12.5 Å². The third kappa shape index (κ3) is 6.72. The van der Waals surface area contributed by atoms with Gasteiger partial charge in [0.15, 0.2) is 0 Å². The Hall–Kier alpha value is -1.76. The normalized spacial score (nSPS) is 11.3. The molecule has 0 spiro atoms. The van der Waals surface area contributed by atoms with Crippen LogP contribution in [0.3, 0.4) is 0 Å². The second kappa shape index (κ2) is 9.44. The molecule has 1 amide bonds. The molecule has 5 nitrogen and oxygen atoms in total. The number of amides is 1. The molecule has 0 radical (unpaired) electrons. The van der Waals surface area contributed by atoms with Crippen LogP contribution in [0.5, 0.6) is 0 Å². The number of nitrogens with one attached hydrogen (secondary N) is 1. The molecule has 0 saturated heterocycles. The highest BCUT2D eigenvalue weighted by atomic mass is 35.5. The van der Waals surface area contributed by atoms with Gasteiger partial charge in [0.2, 0.25) is 15.9 Å². The minimum Gasteiger partial charge on any atom is -0.355 e. The van der Waals surface area contributed by atoms with E-state index in [2.05, 4.69) is 5.32 Å². The van der Waals surface area contributed by atoms with Crippen molar-refractivity contribution in [3.05, 3.63) is 63.6 Å². The number of benzene rings is 2. The van der Waals surface area contributed by atoms with Gasteiger partial charge < -0.3 is 5.32 Å². The predicted octanol–water partition coefficient (Wildman–Crippen LogP) is 3.82. The summed E-state index contributed by atoms with van der Waals surface area (Å²) in [5, 5.41) is 3.97. The number of nitrogens with zero attached hydrogens (tertiary/aromatic N) is 1. The quantitative estimate of drug-likeness (QED) is 0.649. The van der Waals surface area contributed by atoms with Crippen molar-refractivity contribution in [3.63, 3.8) is 0 Å². The summed E-state index contributed by atoms with van der Waals surface area (Å²) in [5.74, 6) is -0.356. The molecule has 2 rings (SSSR count). The lowest BCUT2D eigenvalue weighted by atomic mass is 10.1. The minimum absolute atomic E-state index is 0.276. The van der Waals surface area contributed by atoms with Crippen LogP contribution in [0.15, 0.2) is 42.5 Å². The fourth-order valence-corrected chi connectivity index (χ4v) is 3.90. The van der Waals surface area contributed by atoms with Crippen molar-refractivity contribution in [3.8, 4) is 0 Å². The molecule has 0 fully saturated rings. The summed E-state index contributed by atoms with van der Waals surface area (Å²) < 4.78 is 25.4. The van der Waals surface area contributed by atoms with Crippen molar-refractivity contribution in [1.82, 2.24) is 5.32 Å². The SMILES string of the molecule is Cc1cc(Cl)ccc1N(CC(=O)NCCCc1ccc(Cl)cc1)S(C)(=O)=O. The van der Waals surface area contributed by atoms with Gasteiger partial charge in [0.05, 0.1) is 11.9 Å². The number of hydrogen-bond donors (Lipinski definition) is 1. The Morgan fingerprint density at radius 1 is 1.07 bits per heavy atom. The first-order valence-corrected chi connectivity index (χ1v) is 11.0. The van der Waals surface area contributed by atoms with E-state index in [0.29, 0.717) is 27.8 Å². The Bertz CT molecular complexity index is 900. The van der Waals surface area contributed by atoms with E-state index >= 15 is 0 Å². The molecule has 0 atom stereocenters. The smallest absolute Gasteiger partial charge is 0.240 e. The first kappa shape index (κ1) is 21.5. The number of carbonyl (C=O) groups is 1. The van der Waals surface area contributed by atoms with E-state index in [4.69, 9.17) is 23.2 Å². The second-order valence-corrected chi connectivity index (χ2v) is 9.06. The molecule has 0 aliphatic heterocycles. The molecule has 0 heterocycles. The number of aryl methyl sites for hydroxylation is 2. The molecule has 0 aliphatic carbocycles. The number of halogens is 2. The van der Waals surface area contributed by atoms with Gasteiger partial charge in [-0.3, -0.25) is 9.10 Å². The standard InChI is InChI=1S/C19H22Cl2N2O3S/c1-14-12-17(21)9-10-18(14)23(27(2,25)26)13-19(24)22-11-3-4-15-5-7-16(20)8-6-15/h5-10,12H,3-4,11,13H2,1-2H3,(H,22,24). The topological polar surface area (TPSA) is 66.5 Å². The maximum absolute atomic E-state index is 12.2. The van der Waals surface area contributed by atoms with Gasteiger partial charge in [-0.2, -0.15) is 0 Å². The number of anilines is 1. The fraction of sp³-hybridized carbons (Fsp3) is 0.316. The van der Waals surface area contributed by atoms with Crippen LogP contribution < -0.4 is 9.62 Å². The zero-order valence-electron chi connectivity index (χ0n) is 15.2. The van der Waals surface area contributed by atoms with Crippen LogP contribution in [0, 0.1) is 6.92 Å². The average Bonchev–Trinajstić information content (AvgIpc) is 2.58. The Labute approximate surface area is 170 Å². The molecule has 2 aromatic rings. The monoisotopic (exact) mass is 428 g/mol. The van der Waals surface area contributed by atoms with E-state index in [1.165, 1.54) is 0 Å². The average molecular weight is 429 g/mol. The number of hydrogen-bond acceptors (Lipinski definition) is 3. The summed E-state index contributed by atoms with van der Waals surface area (Å²) in [5.41, 5.74) is 2.25. The van der Waals surface area contributed by atoms with Gasteiger partial charge in [-0.1, -0.05) is 35.3 Å². The van der Waals surface area contributed by atoms with Crippen molar-refractivity contribution in [2.24, 2.45) is 0 Å². The minimum atomic E-state index is -3.61. The lowest BCUT2D eigenvalue weighted by Gasteiger charge is -2.23. The Morgan fingerprint density at radius 3 is 2.30 bits per heavy atom. The van der Waals surface area contributed by atoms with Crippen molar-refractivity contribution >= 4 is 44.8 Å². The molecular weight excluding hydrogens is 407 g/mol. The Kier molecular flexibility index (Phi) is 7.53. The van der Waals surface area contributed by atoms with Crippen molar-refractivity contribution in [2.45, 2.75) is 19.8 Å². The van der Waals surface area contributed by atoms with E-state index in [9.17, 15) is 13.2 Å². The van der Waals surface area contributed by atoms with Gasteiger partial charge in [0.25, 0.3) is 0 Å². The van der Waals surface area contributed by atoms with E-state index in [1.807, 2.05) is 24.3 Å². The molecule has 27 heavy (non-hydrogen) atoms. The molecule has 0 saturated carbocycles. The van der Waals surface area contributed by atoms with Crippen LogP contribution in [0.4, 0.5) is 5.69 Å². The molecule has 146 valence electrons. The van der Waals surface area contributed by atoms with Crippen LogP contribution in [-0.4, -0.2) is 33.7 Å². The molecule has 0 bridgehead atoms. The second-order valence-electron chi connectivity index (χ2n) is 6.28. The van der Waals surface area contributed by atoms with Crippen LogP contribution in [0.2, 0.25) is 10.0 Å². The zero-order chi connectivity index (χ0) is 20.0. The summed E-state index contributed by atoms with van der Waals surface area (Å²) in [6.45, 7) is 1.93. The largest absolute Gasteiger partial charge is 0.355 e. The summed E-state index contributed by atoms with van der Waals surface area (Å²) in [4.78, 5) is 12.2. The zero-order valence-corrected chi connectivity index (χ0v) is 17.5. The van der Waals surface area contributed by atoms with Gasteiger partial charge in [-0.25, -0.2) is 8.42 Å². The summed E-state index contributed by atoms with van der Waals surface area (Å²) in [6.07, 6.45) is 2.62. The predicted molar refractivity (Wildman–Crippen MR) is 111 cm³/mol. The molecular formula is C19H22Cl2N2O3S. The van der Waals surface area contributed by atoms with Gasteiger partial charge >= 0.3 is 0 Å². The van der Waals surface area contributed by atoms with Crippen LogP contribution in [-0.2, 0) is 21.2 Å². The lowest BCUT2D eigenvalue weighted by molar-refractivity contribution is -0.119. The van der Waals surface area contributed by atoms with Crippen molar-refractivity contribution in [1.29, 1.82) is 0 Å². The fourth-order valence-electron chi connectivity index (χ4n) is 2.64. The van der Waals surface area contributed by atoms with Crippen LogP contribution >= 0.6 is 23.2 Å².